The number of amides is 1. The van der Waals surface area contributed by atoms with Crippen molar-refractivity contribution in [1.29, 1.82) is 5.26 Å². The van der Waals surface area contributed by atoms with Gasteiger partial charge in [0.05, 0.1) is 22.8 Å². The molecule has 0 radical (unpaired) electrons. The van der Waals surface area contributed by atoms with Gasteiger partial charge in [-0.2, -0.15) is 18.4 Å². The number of carbonyl (C=O) groups excluding carboxylic acids is 1. The van der Waals surface area contributed by atoms with Crippen LogP contribution in [0.25, 0.3) is 5.69 Å². The molecule has 0 aliphatic carbocycles. The first-order valence-corrected chi connectivity index (χ1v) is 7.42. The van der Waals surface area contributed by atoms with Crippen LogP contribution in [0.3, 0.4) is 0 Å². The molecular formula is C15H12ClF3N4O3. The highest BCUT2D eigenvalue weighted by molar-refractivity contribution is 6.32. The molecule has 7 nitrogen and oxygen atoms in total. The molecule has 0 aliphatic heterocycles. The molecule has 0 unspecified atom stereocenters. The Morgan fingerprint density at radius 1 is 1.42 bits per heavy atom. The molecule has 0 aliphatic rings. The second-order valence-electron chi connectivity index (χ2n) is 5.31. The third-order valence-corrected chi connectivity index (χ3v) is 4.23. The predicted molar refractivity (Wildman–Crippen MR) is 85.0 cm³/mol. The van der Waals surface area contributed by atoms with Crippen molar-refractivity contribution in [1.82, 2.24) is 14.5 Å². The quantitative estimate of drug-likeness (QED) is 0.838. The molecule has 2 aromatic rings. The SMILES string of the molecule is Cc1c(-n2c(O)c(CNC(=O)C(F)(F)F)n(C)c2=O)ccc(C#N)c1Cl. The van der Waals surface area contributed by atoms with Crippen molar-refractivity contribution < 1.29 is 23.1 Å². The van der Waals surface area contributed by atoms with Gasteiger partial charge in [-0.3, -0.25) is 9.36 Å². The number of hydrogen-bond acceptors (Lipinski definition) is 4. The smallest absolute Gasteiger partial charge is 0.471 e. The van der Waals surface area contributed by atoms with Crippen molar-refractivity contribution in [2.45, 2.75) is 19.6 Å². The van der Waals surface area contributed by atoms with Gasteiger partial charge in [0.1, 0.15) is 11.8 Å². The second-order valence-corrected chi connectivity index (χ2v) is 5.69. The van der Waals surface area contributed by atoms with Gasteiger partial charge in [0.15, 0.2) is 0 Å². The van der Waals surface area contributed by atoms with Crippen LogP contribution in [0.15, 0.2) is 16.9 Å². The van der Waals surface area contributed by atoms with Crippen molar-refractivity contribution in [2.75, 3.05) is 0 Å². The van der Waals surface area contributed by atoms with Crippen molar-refractivity contribution in [2.24, 2.45) is 7.05 Å². The van der Waals surface area contributed by atoms with Crippen molar-refractivity contribution in [3.05, 3.63) is 44.5 Å². The molecule has 11 heteroatoms. The first kappa shape index (κ1) is 19.4. The van der Waals surface area contributed by atoms with Crippen LogP contribution in [0.4, 0.5) is 13.2 Å². The zero-order valence-electron chi connectivity index (χ0n) is 13.5. The standard InChI is InChI=1S/C15H12ClF3N4O3/c1-7-9(4-3-8(5-20)11(7)16)23-12(24)10(22(2)14(23)26)6-21-13(25)15(17,18)19/h3-4,24H,6H2,1-2H3,(H,21,25). The molecule has 1 heterocycles. The molecule has 2 rings (SSSR count). The van der Waals surface area contributed by atoms with Crippen LogP contribution in [-0.4, -0.2) is 26.3 Å². The zero-order valence-corrected chi connectivity index (χ0v) is 14.2. The van der Waals surface area contributed by atoms with E-state index in [1.807, 2.05) is 6.07 Å². The molecular weight excluding hydrogens is 377 g/mol. The topological polar surface area (TPSA) is 100 Å². The van der Waals surface area contributed by atoms with E-state index in [4.69, 9.17) is 16.9 Å². The minimum Gasteiger partial charge on any atom is -0.493 e. The number of nitrogens with one attached hydrogen (secondary N) is 1. The van der Waals surface area contributed by atoms with Gasteiger partial charge in [0, 0.05) is 7.05 Å². The van der Waals surface area contributed by atoms with Crippen LogP contribution in [0.5, 0.6) is 5.88 Å². The molecule has 0 bridgehead atoms. The molecule has 26 heavy (non-hydrogen) atoms. The minimum absolute atomic E-state index is 0.0760. The third kappa shape index (κ3) is 3.25. The Bertz CT molecular complexity index is 986. The Kier molecular flexibility index (Phi) is 5.04. The molecule has 138 valence electrons. The monoisotopic (exact) mass is 388 g/mol. The van der Waals surface area contributed by atoms with E-state index in [0.29, 0.717) is 5.56 Å². The summed E-state index contributed by atoms with van der Waals surface area (Å²) >= 11 is 6.04. The van der Waals surface area contributed by atoms with Crippen LogP contribution in [-0.2, 0) is 18.4 Å². The third-order valence-electron chi connectivity index (χ3n) is 3.75. The number of aromatic nitrogens is 2. The van der Waals surface area contributed by atoms with E-state index in [1.165, 1.54) is 26.1 Å². The number of aromatic hydroxyl groups is 1. The van der Waals surface area contributed by atoms with Gasteiger partial charge >= 0.3 is 17.8 Å². The van der Waals surface area contributed by atoms with Gasteiger partial charge in [0.2, 0.25) is 5.88 Å². The summed E-state index contributed by atoms with van der Waals surface area (Å²) in [6.45, 7) is 0.800. The highest BCUT2D eigenvalue weighted by Gasteiger charge is 2.38. The first-order chi connectivity index (χ1) is 12.0. The van der Waals surface area contributed by atoms with E-state index in [0.717, 1.165) is 9.13 Å². The Morgan fingerprint density at radius 2 is 2.04 bits per heavy atom. The van der Waals surface area contributed by atoms with Gasteiger partial charge < -0.3 is 10.4 Å². The fourth-order valence-electron chi connectivity index (χ4n) is 2.32. The lowest BCUT2D eigenvalue weighted by Crippen LogP contribution is -2.36. The Balaban J connectivity index is 2.52. The number of nitrogens with zero attached hydrogens (tertiary/aromatic N) is 3. The first-order valence-electron chi connectivity index (χ1n) is 7.04. The van der Waals surface area contributed by atoms with Crippen LogP contribution in [0, 0.1) is 18.3 Å². The van der Waals surface area contributed by atoms with Crippen molar-refractivity contribution >= 4 is 17.5 Å². The molecule has 0 fully saturated rings. The van der Waals surface area contributed by atoms with Gasteiger partial charge in [-0.05, 0) is 24.6 Å². The van der Waals surface area contributed by atoms with E-state index < -0.39 is 30.2 Å². The molecule has 0 spiro atoms. The van der Waals surface area contributed by atoms with Gasteiger partial charge in [0.25, 0.3) is 0 Å². The number of carbonyl (C=O) groups is 1. The maximum Gasteiger partial charge on any atom is 0.471 e. The second kappa shape index (κ2) is 6.76. The molecule has 2 N–H and O–H groups in total. The molecule has 1 aromatic carbocycles. The number of halogens is 4. The summed E-state index contributed by atoms with van der Waals surface area (Å²) in [7, 11) is 1.23. The lowest BCUT2D eigenvalue weighted by Gasteiger charge is -2.10. The van der Waals surface area contributed by atoms with E-state index >= 15 is 0 Å². The fourth-order valence-corrected chi connectivity index (χ4v) is 2.52. The molecule has 1 amide bonds. The number of imidazole rings is 1. The van der Waals surface area contributed by atoms with E-state index in [1.54, 1.807) is 5.32 Å². The lowest BCUT2D eigenvalue weighted by molar-refractivity contribution is -0.173. The molecule has 0 saturated carbocycles. The van der Waals surface area contributed by atoms with Crippen molar-refractivity contribution in [3.63, 3.8) is 0 Å². The highest BCUT2D eigenvalue weighted by atomic mass is 35.5. The normalized spacial score (nSPS) is 11.3. The number of nitriles is 1. The average molecular weight is 389 g/mol. The van der Waals surface area contributed by atoms with Gasteiger partial charge in [-0.1, -0.05) is 11.6 Å². The molecule has 1 aromatic heterocycles. The zero-order chi connectivity index (χ0) is 19.8. The van der Waals surface area contributed by atoms with Gasteiger partial charge in [-0.25, -0.2) is 9.36 Å². The predicted octanol–water partition coefficient (Wildman–Crippen LogP) is 1.89. The molecule has 0 atom stereocenters. The highest BCUT2D eigenvalue weighted by Crippen LogP contribution is 2.29. The van der Waals surface area contributed by atoms with E-state index in [-0.39, 0.29) is 22.0 Å². The number of benzene rings is 1. The number of alkyl halides is 3. The summed E-state index contributed by atoms with van der Waals surface area (Å²) in [5.41, 5.74) is -0.357. The summed E-state index contributed by atoms with van der Waals surface area (Å²) in [5, 5.41) is 20.9. The van der Waals surface area contributed by atoms with Crippen LogP contribution in [0.2, 0.25) is 5.02 Å². The summed E-state index contributed by atoms with van der Waals surface area (Å²) in [5.74, 6) is -2.85. The summed E-state index contributed by atoms with van der Waals surface area (Å²) in [6.07, 6.45) is -5.09. The summed E-state index contributed by atoms with van der Waals surface area (Å²) < 4.78 is 38.6. The molecule has 0 saturated heterocycles. The maximum atomic E-state index is 12.4. The van der Waals surface area contributed by atoms with E-state index in [9.17, 15) is 27.9 Å². The van der Waals surface area contributed by atoms with Crippen LogP contribution >= 0.6 is 11.6 Å². The van der Waals surface area contributed by atoms with Gasteiger partial charge in [-0.15, -0.1) is 0 Å². The van der Waals surface area contributed by atoms with Crippen molar-refractivity contribution in [3.8, 4) is 17.6 Å². The van der Waals surface area contributed by atoms with Crippen LogP contribution in [0.1, 0.15) is 16.8 Å². The summed E-state index contributed by atoms with van der Waals surface area (Å²) in [4.78, 5) is 23.3. The summed E-state index contributed by atoms with van der Waals surface area (Å²) in [6, 6.07) is 4.58. The largest absolute Gasteiger partial charge is 0.493 e. The number of hydrogen-bond donors (Lipinski definition) is 2. The lowest BCUT2D eigenvalue weighted by atomic mass is 10.1. The Morgan fingerprint density at radius 3 is 2.58 bits per heavy atom. The Labute approximate surface area is 149 Å². The maximum absolute atomic E-state index is 12.4. The minimum atomic E-state index is -5.09. The van der Waals surface area contributed by atoms with Crippen LogP contribution < -0.4 is 11.0 Å². The fraction of sp³-hybridized carbons (Fsp3) is 0.267. The van der Waals surface area contributed by atoms with E-state index in [2.05, 4.69) is 0 Å². The Hall–Kier alpha value is -2.93. The average Bonchev–Trinajstić information content (AvgIpc) is 2.77. The number of rotatable bonds is 3.